The number of rotatable bonds is 4. The van der Waals surface area contributed by atoms with Crippen LogP contribution in [0.4, 0.5) is 0 Å². The fraction of sp³-hybridized carbons (Fsp3) is 0.125. The summed E-state index contributed by atoms with van der Waals surface area (Å²) in [7, 11) is 0. The number of hydrazone groups is 1. The van der Waals surface area contributed by atoms with Crippen molar-refractivity contribution in [3.63, 3.8) is 0 Å². The molecule has 0 aromatic heterocycles. The van der Waals surface area contributed by atoms with Gasteiger partial charge in [0.25, 0.3) is 5.91 Å². The van der Waals surface area contributed by atoms with Gasteiger partial charge in [0.05, 0.1) is 6.21 Å². The molecule has 0 aliphatic heterocycles. The highest BCUT2D eigenvalue weighted by Gasteiger charge is 2.12. The van der Waals surface area contributed by atoms with Crippen LogP contribution in [0.15, 0.2) is 41.5 Å². The van der Waals surface area contributed by atoms with E-state index < -0.39 is 23.2 Å². The summed E-state index contributed by atoms with van der Waals surface area (Å²) in [6.07, 6.45) is 2.43. The molecule has 0 atom stereocenters. The van der Waals surface area contributed by atoms with Gasteiger partial charge in [0, 0.05) is 5.56 Å². The Kier molecular flexibility index (Phi) is 4.63. The summed E-state index contributed by atoms with van der Waals surface area (Å²) in [5.74, 6) is -2.45. The summed E-state index contributed by atoms with van der Waals surface area (Å²) >= 11 is 0. The predicted molar refractivity (Wildman–Crippen MR) is 82.3 cm³/mol. The summed E-state index contributed by atoms with van der Waals surface area (Å²) in [4.78, 5) is 11.8. The van der Waals surface area contributed by atoms with Crippen molar-refractivity contribution in [3.05, 3.63) is 53.1 Å². The molecule has 0 bridgehead atoms. The monoisotopic (exact) mass is 300 g/mol. The van der Waals surface area contributed by atoms with Crippen molar-refractivity contribution < 1.29 is 20.1 Å². The molecule has 22 heavy (non-hydrogen) atoms. The highest BCUT2D eigenvalue weighted by atomic mass is 16.3. The first-order valence-electron chi connectivity index (χ1n) is 6.68. The number of carbonyl (C=O) groups is 1. The molecule has 0 aliphatic carbocycles. The Morgan fingerprint density at radius 1 is 1.14 bits per heavy atom. The van der Waals surface area contributed by atoms with Gasteiger partial charge in [0.15, 0.2) is 17.2 Å². The summed E-state index contributed by atoms with van der Waals surface area (Å²) < 4.78 is 0. The molecule has 114 valence electrons. The standard InChI is InChI=1S/C16H16N2O4/c1-2-10-3-5-11(6-4-10)9-17-18-16(22)12-7-13(19)15(21)14(20)8-12/h3-9,19-21H,2H2,1H3,(H,18,22). The van der Waals surface area contributed by atoms with Crippen LogP contribution in [0, 0.1) is 0 Å². The van der Waals surface area contributed by atoms with E-state index in [1.807, 2.05) is 24.3 Å². The number of hydrogen-bond acceptors (Lipinski definition) is 5. The van der Waals surface area contributed by atoms with Crippen LogP contribution in [-0.4, -0.2) is 27.4 Å². The minimum Gasteiger partial charge on any atom is -0.504 e. The van der Waals surface area contributed by atoms with E-state index in [1.165, 1.54) is 11.8 Å². The Morgan fingerprint density at radius 3 is 2.27 bits per heavy atom. The van der Waals surface area contributed by atoms with E-state index in [1.54, 1.807) is 0 Å². The number of nitrogens with one attached hydrogen (secondary N) is 1. The van der Waals surface area contributed by atoms with E-state index in [-0.39, 0.29) is 5.56 Å². The smallest absolute Gasteiger partial charge is 0.271 e. The molecule has 0 saturated heterocycles. The molecular weight excluding hydrogens is 284 g/mol. The van der Waals surface area contributed by atoms with Crippen LogP contribution in [0.5, 0.6) is 17.2 Å². The average molecular weight is 300 g/mol. The number of aromatic hydroxyl groups is 3. The zero-order chi connectivity index (χ0) is 16.1. The lowest BCUT2D eigenvalue weighted by atomic mass is 10.1. The minimum atomic E-state index is -0.670. The molecule has 2 aromatic carbocycles. The molecule has 4 N–H and O–H groups in total. The SMILES string of the molecule is CCc1ccc(C=NNC(=O)c2cc(O)c(O)c(O)c2)cc1. The summed E-state index contributed by atoms with van der Waals surface area (Å²) in [6.45, 7) is 2.06. The maximum Gasteiger partial charge on any atom is 0.271 e. The molecule has 0 fully saturated rings. The molecule has 0 heterocycles. The molecule has 6 heteroatoms. The molecule has 6 nitrogen and oxygen atoms in total. The van der Waals surface area contributed by atoms with E-state index in [2.05, 4.69) is 17.5 Å². The third kappa shape index (κ3) is 3.54. The van der Waals surface area contributed by atoms with Crippen molar-refractivity contribution in [2.45, 2.75) is 13.3 Å². The van der Waals surface area contributed by atoms with Crippen molar-refractivity contribution in [2.24, 2.45) is 5.10 Å². The van der Waals surface area contributed by atoms with Gasteiger partial charge in [-0.3, -0.25) is 4.79 Å². The average Bonchev–Trinajstić information content (AvgIpc) is 2.52. The minimum absolute atomic E-state index is 0.0220. The Bertz CT molecular complexity index is 686. The number of amides is 1. The van der Waals surface area contributed by atoms with Crippen molar-refractivity contribution in [1.29, 1.82) is 0 Å². The van der Waals surface area contributed by atoms with Crippen molar-refractivity contribution in [2.75, 3.05) is 0 Å². The molecule has 2 aromatic rings. The largest absolute Gasteiger partial charge is 0.504 e. The maximum absolute atomic E-state index is 11.8. The summed E-state index contributed by atoms with van der Waals surface area (Å²) in [5, 5.41) is 31.7. The quantitative estimate of drug-likeness (QED) is 0.394. The zero-order valence-electron chi connectivity index (χ0n) is 11.9. The zero-order valence-corrected chi connectivity index (χ0v) is 11.9. The van der Waals surface area contributed by atoms with E-state index in [9.17, 15) is 20.1 Å². The number of phenolic OH excluding ortho intramolecular Hbond substituents is 3. The fourth-order valence-corrected chi connectivity index (χ4v) is 1.80. The van der Waals surface area contributed by atoms with Crippen molar-refractivity contribution >= 4 is 12.1 Å². The summed E-state index contributed by atoms with van der Waals surface area (Å²) in [6, 6.07) is 9.78. The van der Waals surface area contributed by atoms with Gasteiger partial charge in [0.1, 0.15) is 0 Å². The number of nitrogens with zero attached hydrogens (tertiary/aromatic N) is 1. The third-order valence-corrected chi connectivity index (χ3v) is 3.10. The van der Waals surface area contributed by atoms with Crippen LogP contribution in [0.25, 0.3) is 0 Å². The predicted octanol–water partition coefficient (Wildman–Crippen LogP) is 2.13. The van der Waals surface area contributed by atoms with Gasteiger partial charge in [-0.05, 0) is 29.7 Å². The number of carbonyl (C=O) groups excluding carboxylic acids is 1. The van der Waals surface area contributed by atoms with Crippen LogP contribution >= 0.6 is 0 Å². The number of hydrogen-bond donors (Lipinski definition) is 4. The highest BCUT2D eigenvalue weighted by molar-refractivity contribution is 5.96. The Hall–Kier alpha value is -3.02. The van der Waals surface area contributed by atoms with Crippen LogP contribution < -0.4 is 5.43 Å². The normalized spacial score (nSPS) is 10.8. The van der Waals surface area contributed by atoms with E-state index >= 15 is 0 Å². The van der Waals surface area contributed by atoms with Gasteiger partial charge in [0.2, 0.25) is 0 Å². The molecule has 0 saturated carbocycles. The van der Waals surface area contributed by atoms with Gasteiger partial charge in [-0.1, -0.05) is 31.2 Å². The molecule has 0 aliphatic rings. The first kappa shape index (κ1) is 15.4. The van der Waals surface area contributed by atoms with Crippen LogP contribution in [0.2, 0.25) is 0 Å². The molecule has 0 radical (unpaired) electrons. The van der Waals surface area contributed by atoms with E-state index in [0.29, 0.717) is 0 Å². The van der Waals surface area contributed by atoms with Gasteiger partial charge in [-0.15, -0.1) is 0 Å². The molecular formula is C16H16N2O4. The van der Waals surface area contributed by atoms with Gasteiger partial charge in [-0.25, -0.2) is 5.43 Å². The fourth-order valence-electron chi connectivity index (χ4n) is 1.80. The maximum atomic E-state index is 11.8. The van der Waals surface area contributed by atoms with Gasteiger partial charge in [-0.2, -0.15) is 5.10 Å². The van der Waals surface area contributed by atoms with Crippen LogP contribution in [-0.2, 0) is 6.42 Å². The number of benzene rings is 2. The second kappa shape index (κ2) is 6.62. The lowest BCUT2D eigenvalue weighted by Gasteiger charge is -2.04. The Morgan fingerprint density at radius 2 is 1.73 bits per heavy atom. The van der Waals surface area contributed by atoms with Crippen molar-refractivity contribution in [1.82, 2.24) is 5.43 Å². The Balaban J connectivity index is 2.04. The molecule has 0 unspecified atom stereocenters. The molecule has 1 amide bonds. The highest BCUT2D eigenvalue weighted by Crippen LogP contribution is 2.35. The second-order valence-corrected chi connectivity index (χ2v) is 4.66. The second-order valence-electron chi connectivity index (χ2n) is 4.66. The van der Waals surface area contributed by atoms with Crippen LogP contribution in [0.1, 0.15) is 28.4 Å². The van der Waals surface area contributed by atoms with Crippen molar-refractivity contribution in [3.8, 4) is 17.2 Å². The van der Waals surface area contributed by atoms with E-state index in [0.717, 1.165) is 24.1 Å². The van der Waals surface area contributed by atoms with E-state index in [4.69, 9.17) is 0 Å². The first-order valence-corrected chi connectivity index (χ1v) is 6.68. The topological polar surface area (TPSA) is 102 Å². The number of aryl methyl sites for hydroxylation is 1. The Labute approximate surface area is 127 Å². The lowest BCUT2D eigenvalue weighted by molar-refractivity contribution is 0.0954. The lowest BCUT2D eigenvalue weighted by Crippen LogP contribution is -2.17. The molecule has 2 rings (SSSR count). The molecule has 0 spiro atoms. The number of phenols is 3. The van der Waals surface area contributed by atoms with Crippen LogP contribution in [0.3, 0.4) is 0 Å². The third-order valence-electron chi connectivity index (χ3n) is 3.10. The summed E-state index contributed by atoms with van der Waals surface area (Å²) in [5.41, 5.74) is 4.29. The van der Waals surface area contributed by atoms with Gasteiger partial charge >= 0.3 is 0 Å². The first-order chi connectivity index (χ1) is 10.5. The van der Waals surface area contributed by atoms with Gasteiger partial charge < -0.3 is 15.3 Å².